The van der Waals surface area contributed by atoms with E-state index in [0.717, 1.165) is 11.3 Å². The molecule has 3 nitrogen and oxygen atoms in total. The first-order valence-corrected chi connectivity index (χ1v) is 7.83. The molecule has 3 heteroatoms. The number of hydrogen-bond donors (Lipinski definition) is 0. The van der Waals surface area contributed by atoms with Crippen LogP contribution in [0.5, 0.6) is 11.5 Å². The van der Waals surface area contributed by atoms with Gasteiger partial charge in [-0.3, -0.25) is 9.59 Å². The molecule has 0 spiro atoms. The molecule has 0 radical (unpaired) electrons. The zero-order valence-electron chi connectivity index (χ0n) is 14.4. The van der Waals surface area contributed by atoms with Gasteiger partial charge in [0, 0.05) is 16.7 Å². The SMILES string of the molecule is C=C(/C=C\C(=C)C(=O)c1ccc(Oc2ccc(C)cc2)cc1)C(C)=O. The van der Waals surface area contributed by atoms with Crippen molar-refractivity contribution >= 4 is 11.6 Å². The lowest BCUT2D eigenvalue weighted by Gasteiger charge is -2.07. The Bertz CT molecular complexity index is 838. The first-order valence-electron chi connectivity index (χ1n) is 7.83. The summed E-state index contributed by atoms with van der Waals surface area (Å²) in [5.74, 6) is 1.02. The maximum atomic E-state index is 12.3. The smallest absolute Gasteiger partial charge is 0.192 e. The Hall–Kier alpha value is -3.20. The van der Waals surface area contributed by atoms with Gasteiger partial charge in [-0.05, 0) is 50.2 Å². The Morgan fingerprint density at radius 3 is 1.84 bits per heavy atom. The zero-order valence-corrected chi connectivity index (χ0v) is 14.4. The average Bonchev–Trinajstić information content (AvgIpc) is 2.61. The zero-order chi connectivity index (χ0) is 18.4. The molecule has 0 aliphatic rings. The summed E-state index contributed by atoms with van der Waals surface area (Å²) in [5.41, 5.74) is 2.28. The molecule has 0 fully saturated rings. The molecule has 0 saturated carbocycles. The van der Waals surface area contributed by atoms with Crippen LogP contribution in [0.25, 0.3) is 0 Å². The summed E-state index contributed by atoms with van der Waals surface area (Å²) in [6.07, 6.45) is 3.00. The van der Waals surface area contributed by atoms with Crippen LogP contribution in [0.15, 0.2) is 85.0 Å². The number of Topliss-reactive ketones (excluding diaryl/α,β-unsaturated/α-hetero) is 2. The number of carbonyl (C=O) groups is 2. The molecule has 25 heavy (non-hydrogen) atoms. The predicted octanol–water partition coefficient (Wildman–Crippen LogP) is 5.23. The van der Waals surface area contributed by atoms with Crippen molar-refractivity contribution in [3.8, 4) is 11.5 Å². The number of aryl methyl sites for hydroxylation is 1. The molecular formula is C22H20O3. The van der Waals surface area contributed by atoms with E-state index in [2.05, 4.69) is 13.2 Å². The van der Waals surface area contributed by atoms with E-state index in [9.17, 15) is 9.59 Å². The largest absolute Gasteiger partial charge is 0.457 e. The van der Waals surface area contributed by atoms with E-state index < -0.39 is 0 Å². The third-order valence-electron chi connectivity index (χ3n) is 3.60. The minimum Gasteiger partial charge on any atom is -0.457 e. The van der Waals surface area contributed by atoms with Crippen molar-refractivity contribution < 1.29 is 14.3 Å². The summed E-state index contributed by atoms with van der Waals surface area (Å²) in [4.78, 5) is 23.5. The van der Waals surface area contributed by atoms with Gasteiger partial charge < -0.3 is 4.74 Å². The van der Waals surface area contributed by atoms with Gasteiger partial charge in [-0.2, -0.15) is 0 Å². The van der Waals surface area contributed by atoms with Crippen molar-refractivity contribution in [2.24, 2.45) is 0 Å². The maximum Gasteiger partial charge on any atom is 0.192 e. The van der Waals surface area contributed by atoms with E-state index in [1.807, 2.05) is 31.2 Å². The number of ether oxygens (including phenoxy) is 1. The van der Waals surface area contributed by atoms with Crippen LogP contribution in [-0.4, -0.2) is 11.6 Å². The minimum absolute atomic E-state index is 0.144. The fourth-order valence-electron chi connectivity index (χ4n) is 2.00. The fraction of sp³-hybridized carbons (Fsp3) is 0.0909. The standard InChI is InChI=1S/C22H20O3/c1-15-5-11-20(12-6-15)25-21-13-9-19(10-14-21)22(24)17(3)8-7-16(2)18(4)23/h5-14H,2-3H2,1,4H3/b8-7-. The normalized spacial score (nSPS) is 10.5. The monoisotopic (exact) mass is 332 g/mol. The van der Waals surface area contributed by atoms with E-state index in [4.69, 9.17) is 4.74 Å². The summed E-state index contributed by atoms with van der Waals surface area (Å²) in [6, 6.07) is 14.6. The van der Waals surface area contributed by atoms with Gasteiger partial charge in [0.25, 0.3) is 0 Å². The van der Waals surface area contributed by atoms with Crippen molar-refractivity contribution in [1.82, 2.24) is 0 Å². The Morgan fingerprint density at radius 2 is 1.32 bits per heavy atom. The molecule has 0 aliphatic carbocycles. The van der Waals surface area contributed by atoms with Gasteiger partial charge in [-0.15, -0.1) is 0 Å². The maximum absolute atomic E-state index is 12.3. The second-order valence-corrected chi connectivity index (χ2v) is 5.71. The highest BCUT2D eigenvalue weighted by Crippen LogP contribution is 2.22. The number of ketones is 2. The quantitative estimate of drug-likeness (QED) is 0.396. The van der Waals surface area contributed by atoms with Crippen molar-refractivity contribution in [2.75, 3.05) is 0 Å². The third kappa shape index (κ3) is 5.15. The number of rotatable bonds is 7. The van der Waals surface area contributed by atoms with Crippen LogP contribution in [0.3, 0.4) is 0 Å². The van der Waals surface area contributed by atoms with Gasteiger partial charge in [0.1, 0.15) is 11.5 Å². The summed E-state index contributed by atoms with van der Waals surface area (Å²) in [6.45, 7) is 10.8. The lowest BCUT2D eigenvalue weighted by Crippen LogP contribution is -2.01. The molecule has 0 bridgehead atoms. The highest BCUT2D eigenvalue weighted by Gasteiger charge is 2.09. The Morgan fingerprint density at radius 1 is 0.840 bits per heavy atom. The Labute approximate surface area is 148 Å². The van der Waals surface area contributed by atoms with Gasteiger partial charge >= 0.3 is 0 Å². The lowest BCUT2D eigenvalue weighted by atomic mass is 10.0. The average molecular weight is 332 g/mol. The molecule has 0 unspecified atom stereocenters. The first-order chi connectivity index (χ1) is 11.9. The van der Waals surface area contributed by atoms with Crippen LogP contribution in [0.4, 0.5) is 0 Å². The summed E-state index contributed by atoms with van der Waals surface area (Å²) in [7, 11) is 0. The molecule has 0 aromatic heterocycles. The number of benzene rings is 2. The third-order valence-corrected chi connectivity index (χ3v) is 3.60. The van der Waals surface area contributed by atoms with Crippen LogP contribution in [0, 0.1) is 6.92 Å². The van der Waals surface area contributed by atoms with Gasteiger partial charge in [-0.25, -0.2) is 0 Å². The molecule has 0 atom stereocenters. The van der Waals surface area contributed by atoms with Crippen LogP contribution in [0.2, 0.25) is 0 Å². The number of allylic oxidation sites excluding steroid dienone is 4. The highest BCUT2D eigenvalue weighted by atomic mass is 16.5. The van der Waals surface area contributed by atoms with E-state index >= 15 is 0 Å². The highest BCUT2D eigenvalue weighted by molar-refractivity contribution is 6.10. The van der Waals surface area contributed by atoms with Crippen LogP contribution in [0.1, 0.15) is 22.8 Å². The fourth-order valence-corrected chi connectivity index (χ4v) is 2.00. The van der Waals surface area contributed by atoms with Crippen LogP contribution >= 0.6 is 0 Å². The van der Waals surface area contributed by atoms with Crippen molar-refractivity contribution in [3.63, 3.8) is 0 Å². The molecule has 2 rings (SSSR count). The molecule has 0 heterocycles. The second-order valence-electron chi connectivity index (χ2n) is 5.71. The van der Waals surface area contributed by atoms with Crippen LogP contribution < -0.4 is 4.74 Å². The second kappa shape index (κ2) is 8.06. The van der Waals surface area contributed by atoms with Crippen molar-refractivity contribution in [1.29, 1.82) is 0 Å². The molecule has 0 amide bonds. The van der Waals surface area contributed by atoms with E-state index in [1.54, 1.807) is 24.3 Å². The summed E-state index contributed by atoms with van der Waals surface area (Å²) in [5, 5.41) is 0. The molecule has 2 aromatic rings. The molecular weight excluding hydrogens is 312 g/mol. The van der Waals surface area contributed by atoms with Gasteiger partial charge in [-0.1, -0.05) is 43.0 Å². The summed E-state index contributed by atoms with van der Waals surface area (Å²) >= 11 is 0. The topological polar surface area (TPSA) is 43.4 Å². The molecule has 0 aliphatic heterocycles. The van der Waals surface area contributed by atoms with Crippen molar-refractivity contribution in [3.05, 3.63) is 96.1 Å². The molecule has 0 N–H and O–H groups in total. The molecule has 0 saturated heterocycles. The van der Waals surface area contributed by atoms with Crippen molar-refractivity contribution in [2.45, 2.75) is 13.8 Å². The molecule has 2 aromatic carbocycles. The lowest BCUT2D eigenvalue weighted by molar-refractivity contribution is -0.113. The van der Waals surface area contributed by atoms with E-state index in [-0.39, 0.29) is 17.1 Å². The number of carbonyl (C=O) groups excluding carboxylic acids is 2. The van der Waals surface area contributed by atoms with Gasteiger partial charge in [0.05, 0.1) is 0 Å². The van der Waals surface area contributed by atoms with E-state index in [1.165, 1.54) is 19.1 Å². The first kappa shape index (κ1) is 18.1. The molecule has 126 valence electrons. The predicted molar refractivity (Wildman–Crippen MR) is 100 cm³/mol. The van der Waals surface area contributed by atoms with Crippen LogP contribution in [-0.2, 0) is 4.79 Å². The van der Waals surface area contributed by atoms with Gasteiger partial charge in [0.15, 0.2) is 11.6 Å². The number of hydrogen-bond acceptors (Lipinski definition) is 3. The van der Waals surface area contributed by atoms with Gasteiger partial charge in [0.2, 0.25) is 0 Å². The van der Waals surface area contributed by atoms with E-state index in [0.29, 0.717) is 16.9 Å². The Kier molecular flexibility index (Phi) is 5.85. The minimum atomic E-state index is -0.213. The summed E-state index contributed by atoms with van der Waals surface area (Å²) < 4.78 is 5.74. The Balaban J connectivity index is 2.04.